The summed E-state index contributed by atoms with van der Waals surface area (Å²) in [5.41, 5.74) is 5.52. The maximum Gasteiger partial charge on any atom is 0.446 e. The van der Waals surface area contributed by atoms with Crippen LogP contribution in [0.4, 0.5) is 5.69 Å². The predicted molar refractivity (Wildman–Crippen MR) is 74.4 cm³/mol. The van der Waals surface area contributed by atoms with E-state index in [4.69, 9.17) is 14.8 Å². The minimum Gasteiger partial charge on any atom is -0.507 e. The monoisotopic (exact) mass is 351 g/mol. The molecule has 0 radical (unpaired) electrons. The maximum absolute atomic E-state index is 10.7. The molecule has 0 saturated carbocycles. The highest BCUT2D eigenvalue weighted by Crippen LogP contribution is 2.37. The Morgan fingerprint density at radius 1 is 0.864 bits per heavy atom. The van der Waals surface area contributed by atoms with Crippen LogP contribution in [0.25, 0.3) is 10.8 Å². The Morgan fingerprint density at radius 3 is 1.77 bits per heavy atom. The zero-order valence-corrected chi connectivity index (χ0v) is 12.1. The molecule has 0 aliphatic carbocycles. The summed E-state index contributed by atoms with van der Waals surface area (Å²) in [5.74, 6) is -1.31. The average Bonchev–Trinajstić information content (AvgIpc) is 2.21. The van der Waals surface area contributed by atoms with E-state index in [1.54, 1.807) is 0 Å². The van der Waals surface area contributed by atoms with Gasteiger partial charge in [0.2, 0.25) is 0 Å². The normalized spacial score (nSPS) is 12.3. The molecule has 0 aliphatic heterocycles. The number of fused-ring (bicyclic) bond motifs is 1. The van der Waals surface area contributed by atoms with Crippen molar-refractivity contribution in [2.24, 2.45) is 0 Å². The fourth-order valence-corrected chi connectivity index (χ4v) is 2.49. The molecule has 0 bridgehead atoms. The van der Waals surface area contributed by atoms with Gasteiger partial charge in [-0.25, -0.2) is 0 Å². The quantitative estimate of drug-likeness (QED) is 0.448. The van der Waals surface area contributed by atoms with Crippen LogP contribution in [-0.2, 0) is 20.8 Å². The van der Waals surface area contributed by atoms with E-state index in [1.165, 1.54) is 0 Å². The molecule has 0 heterocycles. The van der Waals surface area contributed by atoms with Gasteiger partial charge in [0.1, 0.15) is 17.2 Å². The molecule has 0 amide bonds. The van der Waals surface area contributed by atoms with Crippen molar-refractivity contribution in [1.82, 2.24) is 0 Å². The van der Waals surface area contributed by atoms with Crippen molar-refractivity contribution in [3.05, 3.63) is 24.3 Å². The lowest BCUT2D eigenvalue weighted by atomic mass is 10.1. The molecule has 22 heavy (non-hydrogen) atoms. The number of phenolic OH excluding ortho intramolecular Hbond substituents is 1. The minimum atomic E-state index is -4.82. The molecule has 2 rings (SSSR count). The standard InChI is InChI=1S/C10H9NO9S2/c11-8-3-6(19-21(13,14)15)1-5-2-7(20-22(16,17)18)4-9(12)10(5)8/h1-4,12H,11H2,(H,13,14,15)(H,16,17,18). The van der Waals surface area contributed by atoms with Crippen molar-refractivity contribution in [3.63, 3.8) is 0 Å². The average molecular weight is 351 g/mol. The molecular formula is C10H9NO9S2. The molecule has 2 aromatic carbocycles. The Bertz CT molecular complexity index is 875. The molecule has 0 saturated heterocycles. The fourth-order valence-electron chi connectivity index (χ4n) is 1.81. The van der Waals surface area contributed by atoms with Crippen LogP contribution in [0.5, 0.6) is 17.2 Å². The van der Waals surface area contributed by atoms with Crippen molar-refractivity contribution in [3.8, 4) is 17.2 Å². The maximum atomic E-state index is 10.7. The van der Waals surface area contributed by atoms with Crippen molar-refractivity contribution >= 4 is 37.3 Å². The van der Waals surface area contributed by atoms with E-state index >= 15 is 0 Å². The number of hydrogen-bond donors (Lipinski definition) is 4. The van der Waals surface area contributed by atoms with Gasteiger partial charge in [-0.15, -0.1) is 0 Å². The van der Waals surface area contributed by atoms with Crippen LogP contribution >= 0.6 is 0 Å². The summed E-state index contributed by atoms with van der Waals surface area (Å²) in [6.45, 7) is 0. The van der Waals surface area contributed by atoms with E-state index < -0.39 is 32.3 Å². The van der Waals surface area contributed by atoms with Gasteiger partial charge in [-0.05, 0) is 17.5 Å². The summed E-state index contributed by atoms with van der Waals surface area (Å²) >= 11 is 0. The molecule has 120 valence electrons. The zero-order valence-electron chi connectivity index (χ0n) is 10.5. The van der Waals surface area contributed by atoms with Gasteiger partial charge < -0.3 is 19.2 Å². The van der Waals surface area contributed by atoms with Crippen molar-refractivity contribution in [2.45, 2.75) is 0 Å². The second kappa shape index (κ2) is 5.17. The molecule has 2 aromatic rings. The molecular weight excluding hydrogens is 342 g/mol. The summed E-state index contributed by atoms with van der Waals surface area (Å²) in [5, 5.41) is 9.91. The minimum absolute atomic E-state index is 0.0392. The van der Waals surface area contributed by atoms with Gasteiger partial charge in [0.15, 0.2) is 0 Å². The second-order valence-electron chi connectivity index (χ2n) is 4.08. The van der Waals surface area contributed by atoms with Crippen LogP contribution in [0, 0.1) is 0 Å². The lowest BCUT2D eigenvalue weighted by Crippen LogP contribution is -2.07. The third-order valence-electron chi connectivity index (χ3n) is 2.41. The Hall–Kier alpha value is -2.28. The fraction of sp³-hybridized carbons (Fsp3) is 0. The first-order valence-corrected chi connectivity index (χ1v) is 8.08. The Balaban J connectivity index is 2.64. The summed E-state index contributed by atoms with van der Waals surface area (Å²) < 4.78 is 68.3. The first-order chi connectivity index (χ1) is 9.94. The molecule has 0 unspecified atom stereocenters. The van der Waals surface area contributed by atoms with E-state index in [0.717, 1.165) is 24.3 Å². The van der Waals surface area contributed by atoms with Crippen molar-refractivity contribution < 1.29 is 39.4 Å². The first-order valence-electron chi connectivity index (χ1n) is 5.35. The number of anilines is 1. The van der Waals surface area contributed by atoms with Crippen LogP contribution in [0.1, 0.15) is 0 Å². The first kappa shape index (κ1) is 16.1. The molecule has 0 spiro atoms. The van der Waals surface area contributed by atoms with E-state index in [0.29, 0.717) is 0 Å². The third-order valence-corrected chi connectivity index (χ3v) is 3.21. The second-order valence-corrected chi connectivity index (χ2v) is 6.12. The highest BCUT2D eigenvalue weighted by Gasteiger charge is 2.15. The van der Waals surface area contributed by atoms with Gasteiger partial charge >= 0.3 is 20.8 Å². The van der Waals surface area contributed by atoms with E-state index in [2.05, 4.69) is 8.37 Å². The molecule has 0 aliphatic rings. The van der Waals surface area contributed by atoms with Crippen LogP contribution in [0.3, 0.4) is 0 Å². The van der Waals surface area contributed by atoms with Crippen LogP contribution < -0.4 is 14.1 Å². The third kappa shape index (κ3) is 3.88. The molecule has 10 nitrogen and oxygen atoms in total. The molecule has 0 fully saturated rings. The highest BCUT2D eigenvalue weighted by atomic mass is 32.3. The largest absolute Gasteiger partial charge is 0.507 e. The summed E-state index contributed by atoms with van der Waals surface area (Å²) in [6.07, 6.45) is 0. The number of rotatable bonds is 4. The topological polar surface area (TPSA) is 173 Å². The van der Waals surface area contributed by atoms with Crippen LogP contribution in [0.2, 0.25) is 0 Å². The molecule has 12 heteroatoms. The van der Waals surface area contributed by atoms with Gasteiger partial charge in [0.05, 0.1) is 0 Å². The highest BCUT2D eigenvalue weighted by molar-refractivity contribution is 7.81. The zero-order chi connectivity index (χ0) is 16.7. The molecule has 5 N–H and O–H groups in total. The number of phenols is 1. The number of hydrogen-bond acceptors (Lipinski definition) is 8. The summed E-state index contributed by atoms with van der Waals surface area (Å²) in [7, 11) is -9.62. The van der Waals surface area contributed by atoms with Crippen molar-refractivity contribution in [1.29, 1.82) is 0 Å². The van der Waals surface area contributed by atoms with Crippen LogP contribution in [-0.4, -0.2) is 31.0 Å². The van der Waals surface area contributed by atoms with Crippen molar-refractivity contribution in [2.75, 3.05) is 5.73 Å². The van der Waals surface area contributed by atoms with E-state index in [-0.39, 0.29) is 22.2 Å². The Labute approximate surface area is 124 Å². The SMILES string of the molecule is Nc1cc(OS(=O)(=O)O)cc2cc(OS(=O)(=O)O)cc(O)c12. The Kier molecular flexibility index (Phi) is 3.78. The van der Waals surface area contributed by atoms with Gasteiger partial charge in [0.25, 0.3) is 0 Å². The predicted octanol–water partition coefficient (Wildman–Crippen LogP) is 0.491. The van der Waals surface area contributed by atoms with E-state index in [9.17, 15) is 21.9 Å². The number of benzene rings is 2. The van der Waals surface area contributed by atoms with E-state index in [1.807, 2.05) is 0 Å². The lowest BCUT2D eigenvalue weighted by molar-refractivity contribution is 0.384. The summed E-state index contributed by atoms with van der Waals surface area (Å²) in [6, 6.07) is 4.01. The van der Waals surface area contributed by atoms with Crippen LogP contribution in [0.15, 0.2) is 24.3 Å². The van der Waals surface area contributed by atoms with Gasteiger partial charge in [0, 0.05) is 23.2 Å². The van der Waals surface area contributed by atoms with Gasteiger partial charge in [-0.2, -0.15) is 16.8 Å². The smallest absolute Gasteiger partial charge is 0.446 e. The lowest BCUT2D eigenvalue weighted by Gasteiger charge is -2.10. The number of nitrogen functional groups attached to an aromatic ring is 1. The van der Waals surface area contributed by atoms with Gasteiger partial charge in [-0.3, -0.25) is 9.11 Å². The Morgan fingerprint density at radius 2 is 1.32 bits per heavy atom. The number of nitrogens with two attached hydrogens (primary N) is 1. The van der Waals surface area contributed by atoms with Gasteiger partial charge in [-0.1, -0.05) is 0 Å². The summed E-state index contributed by atoms with van der Waals surface area (Å²) in [4.78, 5) is 0. The number of aromatic hydroxyl groups is 1. The molecule has 0 atom stereocenters. The molecule has 0 aromatic heterocycles.